The number of esters is 1. The van der Waals surface area contributed by atoms with Gasteiger partial charge in [-0.05, 0) is 36.6 Å². The second kappa shape index (κ2) is 11.0. The van der Waals surface area contributed by atoms with Gasteiger partial charge in [0.05, 0.1) is 38.1 Å². The summed E-state index contributed by atoms with van der Waals surface area (Å²) in [6, 6.07) is 11.9. The molecule has 1 heterocycles. The van der Waals surface area contributed by atoms with Crippen LogP contribution < -0.4 is 19.5 Å². The lowest BCUT2D eigenvalue weighted by molar-refractivity contribution is -0.139. The van der Waals surface area contributed by atoms with E-state index in [1.807, 2.05) is 24.3 Å². The van der Waals surface area contributed by atoms with Crippen LogP contribution >= 0.6 is 0 Å². The molecule has 0 fully saturated rings. The highest BCUT2D eigenvalue weighted by atomic mass is 16.5. The molecule has 0 bridgehead atoms. The van der Waals surface area contributed by atoms with Crippen LogP contribution in [0.2, 0.25) is 0 Å². The van der Waals surface area contributed by atoms with E-state index in [-0.39, 0.29) is 24.8 Å². The molecule has 1 aliphatic heterocycles. The Kier molecular flexibility index (Phi) is 8.04. The van der Waals surface area contributed by atoms with Gasteiger partial charge in [0.25, 0.3) is 0 Å². The summed E-state index contributed by atoms with van der Waals surface area (Å²) in [4.78, 5) is 27.4. The zero-order valence-corrected chi connectivity index (χ0v) is 20.5. The molecule has 2 amide bonds. The van der Waals surface area contributed by atoms with Crippen molar-refractivity contribution in [3.63, 3.8) is 0 Å². The summed E-state index contributed by atoms with van der Waals surface area (Å²) in [5, 5.41) is 2.88. The van der Waals surface area contributed by atoms with E-state index < -0.39 is 12.0 Å². The molecule has 0 aliphatic carbocycles. The van der Waals surface area contributed by atoms with Crippen molar-refractivity contribution in [3.05, 3.63) is 64.9 Å². The van der Waals surface area contributed by atoms with Crippen molar-refractivity contribution in [2.75, 3.05) is 34.5 Å². The normalized spacial score (nSPS) is 15.8. The van der Waals surface area contributed by atoms with Gasteiger partial charge in [-0.15, -0.1) is 0 Å². The third-order valence-corrected chi connectivity index (χ3v) is 5.74. The lowest BCUT2D eigenvalue weighted by atomic mass is 9.93. The fraction of sp³-hybridized carbons (Fsp3) is 0.385. The highest BCUT2D eigenvalue weighted by Crippen LogP contribution is 2.40. The largest absolute Gasteiger partial charge is 0.493 e. The molecule has 8 heteroatoms. The number of urea groups is 1. The molecule has 3 rings (SSSR count). The van der Waals surface area contributed by atoms with Crippen LogP contribution in [0.3, 0.4) is 0 Å². The molecule has 182 valence electrons. The lowest BCUT2D eigenvalue weighted by Crippen LogP contribution is -2.48. The maximum absolute atomic E-state index is 13.1. The molecule has 0 spiro atoms. The molecular formula is C26H32N2O6. The van der Waals surface area contributed by atoms with Gasteiger partial charge >= 0.3 is 12.0 Å². The Morgan fingerprint density at radius 1 is 1.09 bits per heavy atom. The number of hydrogen-bond donors (Lipinski definition) is 1. The number of rotatable bonds is 9. The number of nitrogens with one attached hydrogen (secondary N) is 1. The first-order valence-corrected chi connectivity index (χ1v) is 11.2. The van der Waals surface area contributed by atoms with Gasteiger partial charge in [-0.3, -0.25) is 4.90 Å². The molecule has 2 aromatic carbocycles. The van der Waals surface area contributed by atoms with Crippen molar-refractivity contribution in [2.24, 2.45) is 0 Å². The molecule has 0 saturated heterocycles. The molecule has 8 nitrogen and oxygen atoms in total. The molecule has 0 saturated carbocycles. The quantitative estimate of drug-likeness (QED) is 0.549. The maximum atomic E-state index is 13.1. The zero-order valence-electron chi connectivity index (χ0n) is 20.5. The predicted molar refractivity (Wildman–Crippen MR) is 128 cm³/mol. The first-order chi connectivity index (χ1) is 16.3. The number of carbonyl (C=O) groups excluding carboxylic acids is 2. The average molecular weight is 469 g/mol. The fourth-order valence-electron chi connectivity index (χ4n) is 3.85. The van der Waals surface area contributed by atoms with E-state index in [2.05, 4.69) is 19.2 Å². The summed E-state index contributed by atoms with van der Waals surface area (Å²) in [6.07, 6.45) is 0. The first kappa shape index (κ1) is 25.0. The Morgan fingerprint density at radius 3 is 2.38 bits per heavy atom. The number of methoxy groups -OCH3 is 2. The van der Waals surface area contributed by atoms with Crippen LogP contribution in [-0.4, -0.2) is 51.4 Å². The summed E-state index contributed by atoms with van der Waals surface area (Å²) in [6.45, 7) is 6.16. The molecular weight excluding hydrogens is 436 g/mol. The molecule has 1 unspecified atom stereocenters. The van der Waals surface area contributed by atoms with Crippen molar-refractivity contribution in [1.29, 1.82) is 0 Å². The third-order valence-electron chi connectivity index (χ3n) is 5.74. The molecule has 1 atom stereocenters. The van der Waals surface area contributed by atoms with Gasteiger partial charge in [-0.1, -0.05) is 38.1 Å². The molecule has 0 radical (unpaired) electrons. The number of carbonyl (C=O) groups is 2. The van der Waals surface area contributed by atoms with Crippen LogP contribution in [0.4, 0.5) is 4.79 Å². The Hall–Kier alpha value is -3.68. The second-order valence-electron chi connectivity index (χ2n) is 8.12. The lowest BCUT2D eigenvalue weighted by Gasteiger charge is -2.35. The summed E-state index contributed by atoms with van der Waals surface area (Å²) < 4.78 is 22.4. The van der Waals surface area contributed by atoms with Crippen LogP contribution in [0.1, 0.15) is 43.9 Å². The monoisotopic (exact) mass is 468 g/mol. The van der Waals surface area contributed by atoms with Crippen LogP contribution in [0.5, 0.6) is 17.2 Å². The first-order valence-electron chi connectivity index (χ1n) is 11.2. The average Bonchev–Trinajstić information content (AvgIpc) is 2.84. The number of amides is 2. The minimum absolute atomic E-state index is 0.00186. The van der Waals surface area contributed by atoms with Crippen LogP contribution in [0, 0.1) is 0 Å². The second-order valence-corrected chi connectivity index (χ2v) is 8.12. The predicted octanol–water partition coefficient (Wildman–Crippen LogP) is 4.42. The van der Waals surface area contributed by atoms with E-state index in [0.717, 1.165) is 0 Å². The minimum Gasteiger partial charge on any atom is -0.493 e. The van der Waals surface area contributed by atoms with Crippen LogP contribution in [0.15, 0.2) is 53.7 Å². The summed E-state index contributed by atoms with van der Waals surface area (Å²) in [5.41, 5.74) is 2.45. The van der Waals surface area contributed by atoms with E-state index in [0.29, 0.717) is 34.4 Å². The summed E-state index contributed by atoms with van der Waals surface area (Å²) in [7, 11) is 4.63. The van der Waals surface area contributed by atoms with Gasteiger partial charge in [0.15, 0.2) is 11.5 Å². The topological polar surface area (TPSA) is 86.3 Å². The van der Waals surface area contributed by atoms with Crippen molar-refractivity contribution >= 4 is 12.0 Å². The van der Waals surface area contributed by atoms with Crippen molar-refractivity contribution < 1.29 is 28.5 Å². The van der Waals surface area contributed by atoms with Crippen molar-refractivity contribution in [1.82, 2.24) is 10.2 Å². The third kappa shape index (κ3) is 5.11. The standard InChI is InChI=1S/C26H32N2O6/c1-7-33-25(29)22-20(15-34-18-13-11-17(12-14-18)16(2)3)28(4)26(30)27-23(22)19-9-8-10-21(31-5)24(19)32-6/h8-14,16,23H,7,15H2,1-6H3,(H,27,30). The van der Waals surface area contributed by atoms with Crippen LogP contribution in [0.25, 0.3) is 0 Å². The minimum atomic E-state index is -0.810. The maximum Gasteiger partial charge on any atom is 0.338 e. The van der Waals surface area contributed by atoms with Crippen LogP contribution in [-0.2, 0) is 9.53 Å². The Bertz CT molecular complexity index is 1060. The summed E-state index contributed by atoms with van der Waals surface area (Å²) in [5.74, 6) is 1.40. The number of nitrogens with zero attached hydrogens (tertiary/aromatic N) is 1. The Balaban J connectivity index is 2.06. The van der Waals surface area contributed by atoms with Gasteiger partial charge in [-0.2, -0.15) is 0 Å². The molecule has 1 aliphatic rings. The number of likely N-dealkylation sites (N-methyl/N-ethyl adjacent to an activating group) is 1. The van der Waals surface area contributed by atoms with Crippen molar-refractivity contribution in [2.45, 2.75) is 32.7 Å². The summed E-state index contributed by atoms with van der Waals surface area (Å²) >= 11 is 0. The van der Waals surface area contributed by atoms with E-state index in [1.165, 1.54) is 24.7 Å². The van der Waals surface area contributed by atoms with Crippen molar-refractivity contribution in [3.8, 4) is 17.2 Å². The highest BCUT2D eigenvalue weighted by Gasteiger charge is 2.38. The molecule has 0 aromatic heterocycles. The van der Waals surface area contributed by atoms with E-state index in [1.54, 1.807) is 32.2 Å². The van der Waals surface area contributed by atoms with E-state index >= 15 is 0 Å². The van der Waals surface area contributed by atoms with Gasteiger partial charge < -0.3 is 24.3 Å². The van der Waals surface area contributed by atoms with Gasteiger partial charge in [0.1, 0.15) is 12.4 Å². The Labute approximate surface area is 200 Å². The SMILES string of the molecule is CCOC(=O)C1=C(COc2ccc(C(C)C)cc2)N(C)C(=O)NC1c1cccc(OC)c1OC. The van der Waals surface area contributed by atoms with E-state index in [9.17, 15) is 9.59 Å². The van der Waals surface area contributed by atoms with Gasteiger partial charge in [0, 0.05) is 12.6 Å². The molecule has 34 heavy (non-hydrogen) atoms. The van der Waals surface area contributed by atoms with Gasteiger partial charge in [-0.25, -0.2) is 9.59 Å². The smallest absolute Gasteiger partial charge is 0.338 e. The number of hydrogen-bond acceptors (Lipinski definition) is 6. The highest BCUT2D eigenvalue weighted by molar-refractivity contribution is 5.95. The molecule has 1 N–H and O–H groups in total. The van der Waals surface area contributed by atoms with Gasteiger partial charge in [0.2, 0.25) is 0 Å². The number of para-hydroxylation sites is 1. The number of benzene rings is 2. The van der Waals surface area contributed by atoms with E-state index in [4.69, 9.17) is 18.9 Å². The Morgan fingerprint density at radius 2 is 1.79 bits per heavy atom. The number of ether oxygens (including phenoxy) is 4. The zero-order chi connectivity index (χ0) is 24.8. The molecule has 2 aromatic rings. The fourth-order valence-corrected chi connectivity index (χ4v) is 3.85.